The molecule has 0 aliphatic carbocycles. The number of rotatable bonds is 3. The molecule has 0 bridgehead atoms. The first-order chi connectivity index (χ1) is 7.16. The Morgan fingerprint density at radius 1 is 1.67 bits per heavy atom. The molecule has 2 rings (SSSR count). The summed E-state index contributed by atoms with van der Waals surface area (Å²) >= 11 is 0. The zero-order valence-corrected chi connectivity index (χ0v) is 9.31. The van der Waals surface area contributed by atoms with Crippen LogP contribution in [0.4, 0.5) is 0 Å². The lowest BCUT2D eigenvalue weighted by molar-refractivity contribution is 0.278. The molecule has 0 radical (unpaired) electrons. The second-order valence-electron chi connectivity index (χ2n) is 4.32. The predicted molar refractivity (Wildman–Crippen MR) is 56.3 cm³/mol. The van der Waals surface area contributed by atoms with Crippen molar-refractivity contribution in [2.75, 3.05) is 13.6 Å². The van der Waals surface area contributed by atoms with Gasteiger partial charge in [0.25, 0.3) is 0 Å². The fraction of sp³-hybridized carbons (Fsp3) is 0.800. The molecule has 0 aromatic carbocycles. The lowest BCUT2D eigenvalue weighted by Crippen LogP contribution is -2.26. The van der Waals surface area contributed by atoms with Gasteiger partial charge >= 0.3 is 0 Å². The summed E-state index contributed by atoms with van der Waals surface area (Å²) in [5, 5.41) is 3.85. The Labute approximate surface area is 89.6 Å². The van der Waals surface area contributed by atoms with Crippen LogP contribution in [-0.2, 0) is 6.42 Å². The third-order valence-corrected chi connectivity index (χ3v) is 2.97. The maximum absolute atomic E-state index is 5.67. The van der Waals surface area contributed by atoms with Crippen molar-refractivity contribution in [3.63, 3.8) is 0 Å². The fourth-order valence-electron chi connectivity index (χ4n) is 1.97. The fourth-order valence-corrected chi connectivity index (χ4v) is 1.97. The van der Waals surface area contributed by atoms with Gasteiger partial charge in [-0.3, -0.25) is 0 Å². The van der Waals surface area contributed by atoms with Crippen LogP contribution in [0.1, 0.15) is 37.5 Å². The summed E-state index contributed by atoms with van der Waals surface area (Å²) in [6, 6.07) is 0.398. The summed E-state index contributed by atoms with van der Waals surface area (Å²) in [5.41, 5.74) is 5.67. The Balaban J connectivity index is 1.98. The Kier molecular flexibility index (Phi) is 3.02. The molecule has 1 aromatic rings. The van der Waals surface area contributed by atoms with Crippen molar-refractivity contribution in [1.29, 1.82) is 0 Å². The van der Waals surface area contributed by atoms with E-state index in [-0.39, 0.29) is 6.04 Å². The van der Waals surface area contributed by atoms with Crippen LogP contribution < -0.4 is 5.73 Å². The van der Waals surface area contributed by atoms with E-state index in [4.69, 9.17) is 10.3 Å². The maximum atomic E-state index is 5.67. The summed E-state index contributed by atoms with van der Waals surface area (Å²) in [5.74, 6) is 1.31. The van der Waals surface area contributed by atoms with Crippen LogP contribution in [0.15, 0.2) is 4.52 Å². The monoisotopic (exact) mass is 210 g/mol. The van der Waals surface area contributed by atoms with E-state index >= 15 is 0 Å². The summed E-state index contributed by atoms with van der Waals surface area (Å²) in [6.07, 6.45) is 3.32. The lowest BCUT2D eigenvalue weighted by Gasteiger charge is -2.16. The molecule has 0 spiro atoms. The van der Waals surface area contributed by atoms with Crippen molar-refractivity contribution in [2.24, 2.45) is 5.73 Å². The highest BCUT2D eigenvalue weighted by Gasteiger charge is 2.23. The van der Waals surface area contributed by atoms with E-state index in [9.17, 15) is 0 Å². The topological polar surface area (TPSA) is 68.2 Å². The molecule has 1 aromatic heterocycles. The van der Waals surface area contributed by atoms with Crippen LogP contribution in [0, 0.1) is 0 Å². The van der Waals surface area contributed by atoms with Gasteiger partial charge in [0.05, 0.1) is 6.04 Å². The highest BCUT2D eigenvalue weighted by molar-refractivity contribution is 4.94. The van der Waals surface area contributed by atoms with Gasteiger partial charge in [-0.25, -0.2) is 0 Å². The van der Waals surface area contributed by atoms with Crippen molar-refractivity contribution >= 4 is 0 Å². The van der Waals surface area contributed by atoms with E-state index in [0.717, 1.165) is 6.42 Å². The molecule has 84 valence electrons. The van der Waals surface area contributed by atoms with Crippen LogP contribution in [-0.4, -0.2) is 34.7 Å². The molecule has 5 heteroatoms. The summed E-state index contributed by atoms with van der Waals surface area (Å²) < 4.78 is 5.17. The van der Waals surface area contributed by atoms with E-state index < -0.39 is 0 Å². The molecule has 2 unspecified atom stereocenters. The quantitative estimate of drug-likeness (QED) is 0.796. The number of hydrogen-bond acceptors (Lipinski definition) is 5. The normalized spacial score (nSPS) is 24.6. The highest BCUT2D eigenvalue weighted by atomic mass is 16.5. The number of nitrogens with zero attached hydrogens (tertiary/aromatic N) is 3. The van der Waals surface area contributed by atoms with E-state index in [1.807, 2.05) is 6.92 Å². The van der Waals surface area contributed by atoms with Crippen LogP contribution in [0.5, 0.6) is 0 Å². The Bertz CT molecular complexity index is 323. The van der Waals surface area contributed by atoms with Gasteiger partial charge in [-0.2, -0.15) is 4.98 Å². The number of aromatic nitrogens is 2. The van der Waals surface area contributed by atoms with Crippen molar-refractivity contribution in [1.82, 2.24) is 15.0 Å². The minimum atomic E-state index is -0.149. The minimum absolute atomic E-state index is 0.149. The largest absolute Gasteiger partial charge is 0.339 e. The van der Waals surface area contributed by atoms with E-state index in [2.05, 4.69) is 22.1 Å². The van der Waals surface area contributed by atoms with Crippen LogP contribution in [0.3, 0.4) is 0 Å². The molecule has 0 saturated carbocycles. The van der Waals surface area contributed by atoms with Gasteiger partial charge in [0.2, 0.25) is 5.89 Å². The summed E-state index contributed by atoms with van der Waals surface area (Å²) in [7, 11) is 2.14. The first kappa shape index (κ1) is 10.6. The molecule has 15 heavy (non-hydrogen) atoms. The number of hydrogen-bond donors (Lipinski definition) is 1. The summed E-state index contributed by atoms with van der Waals surface area (Å²) in [4.78, 5) is 6.62. The molecule has 1 aliphatic heterocycles. The van der Waals surface area contributed by atoms with Crippen LogP contribution in [0.2, 0.25) is 0 Å². The van der Waals surface area contributed by atoms with Gasteiger partial charge in [0.1, 0.15) is 0 Å². The van der Waals surface area contributed by atoms with Gasteiger partial charge in [0.15, 0.2) is 5.82 Å². The average molecular weight is 210 g/mol. The highest BCUT2D eigenvalue weighted by Crippen LogP contribution is 2.18. The molecule has 5 nitrogen and oxygen atoms in total. The Morgan fingerprint density at radius 3 is 3.00 bits per heavy atom. The van der Waals surface area contributed by atoms with Crippen LogP contribution in [0.25, 0.3) is 0 Å². The molecule has 1 fully saturated rings. The second-order valence-corrected chi connectivity index (χ2v) is 4.32. The zero-order chi connectivity index (χ0) is 10.8. The second kappa shape index (κ2) is 4.28. The Morgan fingerprint density at radius 2 is 2.47 bits per heavy atom. The van der Waals surface area contributed by atoms with Crippen molar-refractivity contribution in [3.8, 4) is 0 Å². The third kappa shape index (κ3) is 2.35. The lowest BCUT2D eigenvalue weighted by atomic mass is 10.1. The molecular formula is C10H18N4O. The minimum Gasteiger partial charge on any atom is -0.339 e. The van der Waals surface area contributed by atoms with Crippen molar-refractivity contribution < 1.29 is 4.52 Å². The molecule has 1 saturated heterocycles. The van der Waals surface area contributed by atoms with Crippen molar-refractivity contribution in [3.05, 3.63) is 11.7 Å². The van der Waals surface area contributed by atoms with Gasteiger partial charge in [0, 0.05) is 12.5 Å². The first-order valence-corrected chi connectivity index (χ1v) is 5.45. The first-order valence-electron chi connectivity index (χ1n) is 5.45. The average Bonchev–Trinajstić information content (AvgIpc) is 2.77. The molecule has 0 amide bonds. The smallest absolute Gasteiger partial charge is 0.228 e. The number of likely N-dealkylation sites (N-methyl/N-ethyl adjacent to an activating group) is 1. The predicted octanol–water partition coefficient (Wildman–Crippen LogP) is 0.726. The van der Waals surface area contributed by atoms with Crippen molar-refractivity contribution in [2.45, 2.75) is 38.3 Å². The van der Waals surface area contributed by atoms with E-state index in [1.54, 1.807) is 0 Å². The van der Waals surface area contributed by atoms with E-state index in [1.165, 1.54) is 19.4 Å². The van der Waals surface area contributed by atoms with Gasteiger partial charge < -0.3 is 15.2 Å². The Hall–Kier alpha value is -0.940. The third-order valence-electron chi connectivity index (χ3n) is 2.97. The van der Waals surface area contributed by atoms with Gasteiger partial charge in [-0.15, -0.1) is 0 Å². The standard InChI is InChI=1S/C10H18N4O/c1-7(11)10-12-9(15-13-10)6-8-4-3-5-14(8)2/h7-8H,3-6,11H2,1-2H3. The number of nitrogens with two attached hydrogens (primary N) is 1. The molecule has 2 atom stereocenters. The SMILES string of the molecule is CC(N)c1noc(CC2CCCN2C)n1. The zero-order valence-electron chi connectivity index (χ0n) is 9.31. The number of likely N-dealkylation sites (tertiary alicyclic amines) is 1. The maximum Gasteiger partial charge on any atom is 0.228 e. The van der Waals surface area contributed by atoms with E-state index in [0.29, 0.717) is 17.8 Å². The van der Waals surface area contributed by atoms with Crippen LogP contribution >= 0.6 is 0 Å². The van der Waals surface area contributed by atoms with Gasteiger partial charge in [-0.05, 0) is 33.4 Å². The molecule has 2 heterocycles. The molecule has 2 N–H and O–H groups in total. The molecular weight excluding hydrogens is 192 g/mol. The molecule has 1 aliphatic rings. The summed E-state index contributed by atoms with van der Waals surface area (Å²) in [6.45, 7) is 3.02. The van der Waals surface area contributed by atoms with Gasteiger partial charge in [-0.1, -0.05) is 5.16 Å².